The molecule has 0 aliphatic heterocycles. The monoisotopic (exact) mass is 504 g/mol. The van der Waals surface area contributed by atoms with E-state index in [0.717, 1.165) is 23.6 Å². The Labute approximate surface area is 201 Å². The fourth-order valence-corrected chi connectivity index (χ4v) is 6.33. The van der Waals surface area contributed by atoms with Gasteiger partial charge >= 0.3 is 5.97 Å². The summed E-state index contributed by atoms with van der Waals surface area (Å²) in [5, 5.41) is 10.8. The highest BCUT2D eigenvalue weighted by Crippen LogP contribution is 2.37. The second-order valence-corrected chi connectivity index (χ2v) is 11.0. The van der Waals surface area contributed by atoms with Gasteiger partial charge in [0, 0.05) is 17.0 Å². The molecule has 1 saturated carbocycles. The number of methoxy groups -OCH3 is 1. The summed E-state index contributed by atoms with van der Waals surface area (Å²) < 4.78 is 47.1. The predicted octanol–water partition coefficient (Wildman–Crippen LogP) is 5.75. The van der Waals surface area contributed by atoms with E-state index in [0.29, 0.717) is 10.9 Å². The van der Waals surface area contributed by atoms with Crippen molar-refractivity contribution in [2.24, 2.45) is 5.92 Å². The molecule has 0 bridgehead atoms. The minimum absolute atomic E-state index is 0.120. The molecule has 0 radical (unpaired) electrons. The Morgan fingerprint density at radius 1 is 1.18 bits per heavy atom. The van der Waals surface area contributed by atoms with Crippen LogP contribution in [-0.2, 0) is 10.0 Å². The Kier molecular flexibility index (Phi) is 6.90. The molecule has 4 rings (SSSR count). The summed E-state index contributed by atoms with van der Waals surface area (Å²) in [6.45, 7) is 2.29. The number of aromatic nitrogens is 1. The summed E-state index contributed by atoms with van der Waals surface area (Å²) >= 11 is 1.19. The zero-order valence-electron chi connectivity index (χ0n) is 18.7. The van der Waals surface area contributed by atoms with E-state index in [1.165, 1.54) is 55.1 Å². The Hall–Kier alpha value is -2.98. The van der Waals surface area contributed by atoms with Gasteiger partial charge in [-0.2, -0.15) is 8.42 Å². The van der Waals surface area contributed by atoms with E-state index in [9.17, 15) is 17.6 Å². The summed E-state index contributed by atoms with van der Waals surface area (Å²) in [5.74, 6) is -1.35. The van der Waals surface area contributed by atoms with E-state index >= 15 is 0 Å². The molecule has 180 valence electrons. The van der Waals surface area contributed by atoms with Crippen LogP contribution in [0.4, 0.5) is 10.1 Å². The molecular formula is C24H25FN2O5S2. The van der Waals surface area contributed by atoms with Crippen molar-refractivity contribution >= 4 is 33.0 Å². The highest BCUT2D eigenvalue weighted by Gasteiger charge is 2.24. The summed E-state index contributed by atoms with van der Waals surface area (Å²) in [6.07, 6.45) is 4.84. The molecule has 1 heterocycles. The molecular weight excluding hydrogens is 479 g/mol. The second-order valence-electron chi connectivity index (χ2n) is 8.51. The van der Waals surface area contributed by atoms with Crippen molar-refractivity contribution in [2.75, 3.05) is 11.8 Å². The number of hydrogen-bond donors (Lipinski definition) is 2. The number of rotatable bonds is 7. The van der Waals surface area contributed by atoms with Crippen molar-refractivity contribution in [2.45, 2.75) is 43.6 Å². The maximum atomic E-state index is 14.1. The van der Waals surface area contributed by atoms with Crippen molar-refractivity contribution < 1.29 is 27.4 Å². The maximum absolute atomic E-state index is 14.1. The fraction of sp³-hybridized carbons (Fsp3) is 0.333. The molecule has 0 amide bonds. The lowest BCUT2D eigenvalue weighted by Gasteiger charge is -2.26. The average Bonchev–Trinajstić information content (AvgIpc) is 3.31. The first-order chi connectivity index (χ1) is 16.2. The normalized spacial score (nSPS) is 18.4. The third-order valence-corrected chi connectivity index (χ3v) is 8.46. The Balaban J connectivity index is 1.53. The van der Waals surface area contributed by atoms with Crippen molar-refractivity contribution in [1.29, 1.82) is 0 Å². The summed E-state index contributed by atoms with van der Waals surface area (Å²) in [5.41, 5.74) is 1.27. The molecule has 1 aliphatic rings. The van der Waals surface area contributed by atoms with E-state index in [1.54, 1.807) is 0 Å². The van der Waals surface area contributed by atoms with Crippen LogP contribution in [0.3, 0.4) is 0 Å². The van der Waals surface area contributed by atoms with Gasteiger partial charge in [0.15, 0.2) is 5.03 Å². The molecule has 0 unspecified atom stereocenters. The van der Waals surface area contributed by atoms with Crippen LogP contribution in [0.15, 0.2) is 46.8 Å². The van der Waals surface area contributed by atoms with Crippen LogP contribution < -0.4 is 9.46 Å². The number of aromatic carboxylic acids is 1. The van der Waals surface area contributed by atoms with Crippen molar-refractivity contribution in [3.05, 3.63) is 58.7 Å². The molecule has 34 heavy (non-hydrogen) atoms. The van der Waals surface area contributed by atoms with Gasteiger partial charge in [-0.3, -0.25) is 4.72 Å². The largest absolute Gasteiger partial charge is 0.495 e. The van der Waals surface area contributed by atoms with Crippen LogP contribution >= 0.6 is 11.3 Å². The van der Waals surface area contributed by atoms with E-state index in [1.807, 2.05) is 12.1 Å². The Morgan fingerprint density at radius 3 is 2.47 bits per heavy atom. The lowest BCUT2D eigenvalue weighted by molar-refractivity contribution is 0.0691. The van der Waals surface area contributed by atoms with Gasteiger partial charge in [-0.05, 0) is 36.3 Å². The van der Waals surface area contributed by atoms with Crippen LogP contribution in [-0.4, -0.2) is 31.6 Å². The molecule has 2 aromatic carbocycles. The number of sulfonamides is 1. The van der Waals surface area contributed by atoms with Crippen molar-refractivity contribution in [3.8, 4) is 16.3 Å². The minimum atomic E-state index is -4.16. The number of nitrogens with zero attached hydrogens (tertiary/aromatic N) is 1. The minimum Gasteiger partial charge on any atom is -0.495 e. The van der Waals surface area contributed by atoms with Gasteiger partial charge in [0.2, 0.25) is 0 Å². The molecule has 0 atom stereocenters. The SMILES string of the molecule is COc1cc(C(=O)O)c(F)cc1NS(=O)(=O)c1csc(-c2ccc(C3CCC(C)CC3)cc2)n1. The first kappa shape index (κ1) is 24.2. The Morgan fingerprint density at radius 2 is 1.85 bits per heavy atom. The number of benzene rings is 2. The highest BCUT2D eigenvalue weighted by atomic mass is 32.2. The predicted molar refractivity (Wildman–Crippen MR) is 129 cm³/mol. The summed E-state index contributed by atoms with van der Waals surface area (Å²) in [6, 6.07) is 9.79. The fourth-order valence-electron chi connectivity index (χ4n) is 4.17. The molecule has 7 nitrogen and oxygen atoms in total. The topological polar surface area (TPSA) is 106 Å². The molecule has 0 saturated heterocycles. The summed E-state index contributed by atoms with van der Waals surface area (Å²) in [4.78, 5) is 15.4. The molecule has 2 N–H and O–H groups in total. The van der Waals surface area contributed by atoms with E-state index in [2.05, 4.69) is 28.8 Å². The van der Waals surface area contributed by atoms with E-state index < -0.39 is 27.4 Å². The van der Waals surface area contributed by atoms with Gasteiger partial charge in [0.05, 0.1) is 18.4 Å². The molecule has 1 aromatic heterocycles. The number of ether oxygens (including phenoxy) is 1. The zero-order chi connectivity index (χ0) is 24.5. The number of carboxylic acids is 1. The standard InChI is InChI=1S/C24H25FN2O5S2/c1-14-3-5-15(6-4-14)16-7-9-17(10-8-16)23-26-22(13-33-23)34(30,31)27-20-12-19(25)18(24(28)29)11-21(20)32-2/h7-15,27H,3-6H2,1-2H3,(H,28,29). The molecule has 3 aromatic rings. The highest BCUT2D eigenvalue weighted by molar-refractivity contribution is 7.92. The smallest absolute Gasteiger partial charge is 0.338 e. The molecule has 1 aliphatic carbocycles. The lowest BCUT2D eigenvalue weighted by Crippen LogP contribution is -2.15. The number of halogens is 1. The lowest BCUT2D eigenvalue weighted by atomic mass is 9.79. The van der Waals surface area contributed by atoms with Crippen LogP contribution in [0.2, 0.25) is 0 Å². The van der Waals surface area contributed by atoms with Gasteiger partial charge in [0.25, 0.3) is 10.0 Å². The van der Waals surface area contributed by atoms with Crippen LogP contribution in [0, 0.1) is 11.7 Å². The number of nitrogens with one attached hydrogen (secondary N) is 1. The third-order valence-electron chi connectivity index (χ3n) is 6.17. The van der Waals surface area contributed by atoms with E-state index in [-0.39, 0.29) is 16.5 Å². The molecule has 10 heteroatoms. The maximum Gasteiger partial charge on any atom is 0.338 e. The first-order valence-corrected chi connectivity index (χ1v) is 13.2. The number of carbonyl (C=O) groups is 1. The Bertz CT molecular complexity index is 1300. The average molecular weight is 505 g/mol. The number of thiazole rings is 1. The molecule has 1 fully saturated rings. The van der Waals surface area contributed by atoms with Gasteiger partial charge in [-0.25, -0.2) is 14.2 Å². The number of anilines is 1. The quantitative estimate of drug-likeness (QED) is 0.424. The summed E-state index contributed by atoms with van der Waals surface area (Å²) in [7, 11) is -2.93. The van der Waals surface area contributed by atoms with E-state index in [4.69, 9.17) is 9.84 Å². The second kappa shape index (κ2) is 9.71. The zero-order valence-corrected chi connectivity index (χ0v) is 20.4. The van der Waals surface area contributed by atoms with Gasteiger partial charge in [-0.1, -0.05) is 44.0 Å². The van der Waals surface area contributed by atoms with Crippen molar-refractivity contribution in [1.82, 2.24) is 4.98 Å². The van der Waals surface area contributed by atoms with Gasteiger partial charge in [0.1, 0.15) is 16.6 Å². The number of hydrogen-bond acceptors (Lipinski definition) is 6. The van der Waals surface area contributed by atoms with Crippen LogP contribution in [0.1, 0.15) is 54.4 Å². The van der Waals surface area contributed by atoms with Crippen LogP contribution in [0.25, 0.3) is 10.6 Å². The van der Waals surface area contributed by atoms with Gasteiger partial charge in [-0.15, -0.1) is 11.3 Å². The van der Waals surface area contributed by atoms with Crippen molar-refractivity contribution in [3.63, 3.8) is 0 Å². The van der Waals surface area contributed by atoms with Crippen LogP contribution in [0.5, 0.6) is 5.75 Å². The molecule has 0 spiro atoms. The number of carboxylic acid groups (broad SMARTS) is 1. The third kappa shape index (κ3) is 5.07. The van der Waals surface area contributed by atoms with Gasteiger partial charge < -0.3 is 9.84 Å². The first-order valence-electron chi connectivity index (χ1n) is 10.9.